The van der Waals surface area contributed by atoms with Crippen LogP contribution in [0.5, 0.6) is 0 Å². The van der Waals surface area contributed by atoms with E-state index in [2.05, 4.69) is 0 Å². The molecule has 4 nitrogen and oxygen atoms in total. The molecule has 0 saturated carbocycles. The Morgan fingerprint density at radius 1 is 1.62 bits per heavy atom. The van der Waals surface area contributed by atoms with Gasteiger partial charge in [-0.15, -0.1) is 0 Å². The van der Waals surface area contributed by atoms with E-state index in [-0.39, 0.29) is 0 Å². The van der Waals surface area contributed by atoms with Gasteiger partial charge in [0.15, 0.2) is 0 Å². The molecule has 47 valence electrons. The molecule has 0 fully saturated rings. The summed E-state index contributed by atoms with van der Waals surface area (Å²) >= 11 is 1.06. The first-order valence-electron chi connectivity index (χ1n) is 1.73. The van der Waals surface area contributed by atoms with Crippen LogP contribution in [0.25, 0.3) is 0 Å². The first-order chi connectivity index (χ1) is 3.64. The van der Waals surface area contributed by atoms with Crippen LogP contribution >= 0.6 is 0 Å². The number of rotatable bonds is 1. The van der Waals surface area contributed by atoms with E-state index in [0.717, 1.165) is 17.4 Å². The van der Waals surface area contributed by atoms with Crippen molar-refractivity contribution in [2.45, 2.75) is 13.0 Å². The Bertz CT molecular complexity index is 71.7. The molecule has 0 aliphatic carbocycles. The molecule has 0 amide bonds. The van der Waals surface area contributed by atoms with Gasteiger partial charge in [0.1, 0.15) is 6.10 Å². The number of aliphatic hydroxyl groups excluding tert-OH is 1. The first-order valence-corrected chi connectivity index (χ1v) is 2.30. The fourth-order valence-electron chi connectivity index (χ4n) is 0. The number of carboxylic acid groups (broad SMARTS) is 1. The van der Waals surface area contributed by atoms with Crippen LogP contribution < -0.4 is 0 Å². The topological polar surface area (TPSA) is 74.6 Å². The van der Waals surface area contributed by atoms with E-state index in [9.17, 15) is 4.79 Å². The van der Waals surface area contributed by atoms with E-state index in [1.165, 1.54) is 6.92 Å². The van der Waals surface area contributed by atoms with Crippen LogP contribution in [0.1, 0.15) is 6.92 Å². The number of carbonyl (C=O) groups is 1. The number of aliphatic hydroxyl groups is 1. The van der Waals surface area contributed by atoms with Crippen molar-refractivity contribution in [1.82, 2.24) is 0 Å². The van der Waals surface area contributed by atoms with Crippen molar-refractivity contribution >= 4 is 5.97 Å². The normalized spacial score (nSPS) is 10.6. The van der Waals surface area contributed by atoms with E-state index < -0.39 is 12.1 Å². The third-order valence-corrected chi connectivity index (χ3v) is 0.357. The zero-order chi connectivity index (χ0) is 7.15. The van der Waals surface area contributed by atoms with Gasteiger partial charge in [0, 0.05) is 0 Å². The van der Waals surface area contributed by atoms with Crippen LogP contribution in [0.3, 0.4) is 0 Å². The summed E-state index contributed by atoms with van der Waals surface area (Å²) in [6.45, 7) is 1.20. The number of aliphatic carboxylic acids is 1. The van der Waals surface area contributed by atoms with Crippen molar-refractivity contribution < 1.29 is 36.1 Å². The van der Waals surface area contributed by atoms with Gasteiger partial charge in [-0.3, -0.25) is 0 Å². The van der Waals surface area contributed by atoms with Gasteiger partial charge in [0.25, 0.3) is 0 Å². The third kappa shape index (κ3) is 9.26. The standard InChI is InChI=1S/C3H6O3.O.V/c1-2(4)3(5)6;;/h2,4H,1H3,(H,5,6);;. The Labute approximate surface area is 55.7 Å². The van der Waals surface area contributed by atoms with Crippen LogP contribution in [0, 0.1) is 0 Å². The van der Waals surface area contributed by atoms with Crippen LogP contribution in [0.4, 0.5) is 0 Å². The maximum atomic E-state index is 9.45. The second-order valence-corrected chi connectivity index (χ2v) is 1.01. The van der Waals surface area contributed by atoms with Crippen molar-refractivity contribution in [2.24, 2.45) is 0 Å². The molecule has 1 unspecified atom stereocenters. The van der Waals surface area contributed by atoms with E-state index >= 15 is 0 Å². The molecular weight excluding hydrogens is 151 g/mol. The molecular formula is C3H6O4V. The number of hydrogen-bond donors (Lipinski definition) is 2. The summed E-state index contributed by atoms with van der Waals surface area (Å²) in [5, 5.41) is 15.8. The summed E-state index contributed by atoms with van der Waals surface area (Å²) in [4.78, 5) is 9.45. The van der Waals surface area contributed by atoms with Crippen molar-refractivity contribution in [2.75, 3.05) is 0 Å². The monoisotopic (exact) mass is 157 g/mol. The van der Waals surface area contributed by atoms with Crippen molar-refractivity contribution in [3.8, 4) is 0 Å². The Kier molecular flexibility index (Phi) is 9.14. The molecule has 0 bridgehead atoms. The van der Waals surface area contributed by atoms with Crippen LogP contribution in [0.2, 0.25) is 0 Å². The average molecular weight is 157 g/mol. The van der Waals surface area contributed by atoms with E-state index in [1.807, 2.05) is 0 Å². The summed E-state index contributed by atoms with van der Waals surface area (Å²) in [6, 6.07) is 0. The maximum absolute atomic E-state index is 9.45. The van der Waals surface area contributed by atoms with Gasteiger partial charge in [-0.25, -0.2) is 4.79 Å². The minimum atomic E-state index is -1.23. The number of hydrogen-bond acceptors (Lipinski definition) is 3. The fourth-order valence-corrected chi connectivity index (χ4v) is 0. The zero-order valence-electron chi connectivity index (χ0n) is 4.24. The molecule has 0 heterocycles. The Morgan fingerprint density at radius 3 is 1.75 bits per heavy atom. The van der Waals surface area contributed by atoms with Crippen LogP contribution in [-0.4, -0.2) is 22.3 Å². The number of carboxylic acids is 1. The molecule has 8 heavy (non-hydrogen) atoms. The molecule has 2 N–H and O–H groups in total. The van der Waals surface area contributed by atoms with Crippen LogP contribution in [0.15, 0.2) is 0 Å². The average Bonchev–Trinajstić information content (AvgIpc) is 1.72. The predicted octanol–water partition coefficient (Wildman–Crippen LogP) is -0.669. The summed E-state index contributed by atoms with van der Waals surface area (Å²) in [7, 11) is 0. The first kappa shape index (κ1) is 10.7. The van der Waals surface area contributed by atoms with Gasteiger partial charge >= 0.3 is 27.0 Å². The van der Waals surface area contributed by atoms with Gasteiger partial charge in [0.2, 0.25) is 0 Å². The minimum absolute atomic E-state index is 1.06. The molecule has 0 aromatic heterocycles. The zero-order valence-corrected chi connectivity index (χ0v) is 5.63. The van der Waals surface area contributed by atoms with Gasteiger partial charge in [-0.2, -0.15) is 0 Å². The fraction of sp³-hybridized carbons (Fsp3) is 0.667. The summed E-state index contributed by atoms with van der Waals surface area (Å²) in [5.74, 6) is -1.19. The van der Waals surface area contributed by atoms with Crippen molar-refractivity contribution in [1.29, 1.82) is 0 Å². The Hall–Kier alpha value is -0.186. The molecule has 0 saturated heterocycles. The second kappa shape index (κ2) is 6.81. The molecule has 1 atom stereocenters. The van der Waals surface area contributed by atoms with E-state index in [4.69, 9.17) is 13.9 Å². The molecule has 0 aromatic carbocycles. The SMILES string of the molecule is CC(O)C(=O)O.[O]=[V]. The molecule has 0 aliphatic heterocycles. The predicted molar refractivity (Wildman–Crippen MR) is 20.0 cm³/mol. The van der Waals surface area contributed by atoms with E-state index in [0.29, 0.717) is 0 Å². The second-order valence-electron chi connectivity index (χ2n) is 1.01. The molecule has 0 radical (unpaired) electrons. The van der Waals surface area contributed by atoms with Gasteiger partial charge in [0.05, 0.1) is 0 Å². The quantitative estimate of drug-likeness (QED) is 0.529. The summed E-state index contributed by atoms with van der Waals surface area (Å²) < 4.78 is 8.19. The van der Waals surface area contributed by atoms with E-state index in [1.54, 1.807) is 0 Å². The molecule has 0 aromatic rings. The van der Waals surface area contributed by atoms with Gasteiger partial charge in [-0.1, -0.05) is 0 Å². The van der Waals surface area contributed by atoms with Gasteiger partial charge < -0.3 is 10.2 Å². The molecule has 0 aliphatic rings. The summed E-state index contributed by atoms with van der Waals surface area (Å²) in [5.41, 5.74) is 0. The molecule has 0 spiro atoms. The van der Waals surface area contributed by atoms with Crippen molar-refractivity contribution in [3.63, 3.8) is 0 Å². The van der Waals surface area contributed by atoms with Crippen molar-refractivity contribution in [3.05, 3.63) is 0 Å². The van der Waals surface area contributed by atoms with Crippen LogP contribution in [-0.2, 0) is 25.8 Å². The Morgan fingerprint density at radius 2 is 1.75 bits per heavy atom. The third-order valence-electron chi connectivity index (χ3n) is 0.357. The summed E-state index contributed by atoms with van der Waals surface area (Å²) in [6.07, 6.45) is -1.23. The van der Waals surface area contributed by atoms with Gasteiger partial charge in [-0.05, 0) is 6.92 Å². The Balaban J connectivity index is 0. The molecule has 0 rings (SSSR count). The molecule has 5 heteroatoms.